The van der Waals surface area contributed by atoms with Gasteiger partial charge in [0.2, 0.25) is 6.10 Å². The van der Waals surface area contributed by atoms with E-state index in [4.69, 9.17) is 9.47 Å². The Hall–Kier alpha value is -2.94. The van der Waals surface area contributed by atoms with E-state index in [2.05, 4.69) is 10.5 Å². The highest BCUT2D eigenvalue weighted by Gasteiger charge is 2.26. The SMILES string of the molecule is O=C(N/N=C/c1ccc([N+](=O)[O-])s1)[C@@H]1COc2ccccc2O1. The number of nitro groups is 1. The Labute approximate surface area is 134 Å². The molecule has 1 N–H and O–H groups in total. The molecule has 1 aromatic heterocycles. The van der Waals surface area contributed by atoms with Crippen molar-refractivity contribution in [3.63, 3.8) is 0 Å². The van der Waals surface area contributed by atoms with Gasteiger partial charge < -0.3 is 9.47 Å². The fourth-order valence-electron chi connectivity index (χ4n) is 1.89. The second-order valence-corrected chi connectivity index (χ2v) is 5.63. The van der Waals surface area contributed by atoms with Gasteiger partial charge in [0.05, 0.1) is 16.0 Å². The van der Waals surface area contributed by atoms with Gasteiger partial charge in [0, 0.05) is 6.07 Å². The number of rotatable bonds is 4. The quantitative estimate of drug-likeness (QED) is 0.523. The van der Waals surface area contributed by atoms with Crippen molar-refractivity contribution in [3.8, 4) is 11.5 Å². The van der Waals surface area contributed by atoms with E-state index in [0.717, 1.165) is 11.3 Å². The lowest BCUT2D eigenvalue weighted by Gasteiger charge is -2.24. The zero-order valence-electron chi connectivity index (χ0n) is 11.7. The molecule has 2 heterocycles. The van der Waals surface area contributed by atoms with Crippen molar-refractivity contribution in [1.82, 2.24) is 5.43 Å². The average molecular weight is 333 g/mol. The summed E-state index contributed by atoms with van der Waals surface area (Å²) in [5, 5.41) is 14.4. The van der Waals surface area contributed by atoms with E-state index in [9.17, 15) is 14.9 Å². The number of fused-ring (bicyclic) bond motifs is 1. The number of nitrogens with zero attached hydrogens (tertiary/aromatic N) is 2. The first-order valence-electron chi connectivity index (χ1n) is 6.59. The minimum atomic E-state index is -0.806. The molecule has 0 fully saturated rings. The Morgan fingerprint density at radius 2 is 2.13 bits per heavy atom. The number of amides is 1. The lowest BCUT2D eigenvalue weighted by Crippen LogP contribution is -2.42. The van der Waals surface area contributed by atoms with E-state index in [1.54, 1.807) is 24.3 Å². The molecule has 2 aromatic rings. The zero-order chi connectivity index (χ0) is 16.2. The molecule has 3 rings (SSSR count). The number of para-hydroxylation sites is 2. The monoisotopic (exact) mass is 333 g/mol. The largest absolute Gasteiger partial charge is 0.485 e. The van der Waals surface area contributed by atoms with Gasteiger partial charge in [-0.2, -0.15) is 5.10 Å². The van der Waals surface area contributed by atoms with E-state index in [1.807, 2.05) is 6.07 Å². The van der Waals surface area contributed by atoms with Gasteiger partial charge in [-0.1, -0.05) is 23.5 Å². The number of ether oxygens (including phenoxy) is 2. The number of carbonyl (C=O) groups excluding carboxylic acids is 1. The molecule has 0 bridgehead atoms. The van der Waals surface area contributed by atoms with Gasteiger partial charge in [-0.3, -0.25) is 14.9 Å². The normalized spacial score (nSPS) is 16.3. The van der Waals surface area contributed by atoms with Crippen LogP contribution in [0.1, 0.15) is 4.88 Å². The van der Waals surface area contributed by atoms with Crippen LogP contribution in [-0.4, -0.2) is 29.8 Å². The molecular weight excluding hydrogens is 322 g/mol. The maximum atomic E-state index is 12.0. The van der Waals surface area contributed by atoms with Crippen LogP contribution in [0.5, 0.6) is 11.5 Å². The summed E-state index contributed by atoms with van der Waals surface area (Å²) in [6.07, 6.45) is 0.535. The van der Waals surface area contributed by atoms with Crippen LogP contribution in [0.25, 0.3) is 0 Å². The van der Waals surface area contributed by atoms with Crippen molar-refractivity contribution in [3.05, 3.63) is 51.4 Å². The number of carbonyl (C=O) groups is 1. The van der Waals surface area contributed by atoms with Crippen LogP contribution in [0.15, 0.2) is 41.5 Å². The summed E-state index contributed by atoms with van der Waals surface area (Å²) in [5.74, 6) is 0.629. The van der Waals surface area contributed by atoms with E-state index >= 15 is 0 Å². The van der Waals surface area contributed by atoms with Crippen molar-refractivity contribution in [2.24, 2.45) is 5.10 Å². The third-order valence-corrected chi connectivity index (χ3v) is 3.93. The standard InChI is InChI=1S/C14H11N3O5S/c18-14(12-8-21-10-3-1-2-4-11(10)22-12)16-15-7-9-5-6-13(23-9)17(19)20/h1-7,12H,8H2,(H,16,18)/b15-7+/t12-/m0/s1. The van der Waals surface area contributed by atoms with Gasteiger partial charge in [-0.05, 0) is 18.2 Å². The maximum absolute atomic E-state index is 12.0. The van der Waals surface area contributed by atoms with Crippen molar-refractivity contribution in [2.45, 2.75) is 6.10 Å². The maximum Gasteiger partial charge on any atom is 0.324 e. The number of hydrazone groups is 1. The zero-order valence-corrected chi connectivity index (χ0v) is 12.5. The van der Waals surface area contributed by atoms with Crippen LogP contribution >= 0.6 is 11.3 Å². The summed E-state index contributed by atoms with van der Waals surface area (Å²) in [5.41, 5.74) is 2.33. The second kappa shape index (κ2) is 6.44. The molecule has 0 aliphatic carbocycles. The van der Waals surface area contributed by atoms with Crippen molar-refractivity contribution in [1.29, 1.82) is 0 Å². The second-order valence-electron chi connectivity index (χ2n) is 4.53. The number of thiophene rings is 1. The molecule has 0 spiro atoms. The highest BCUT2D eigenvalue weighted by molar-refractivity contribution is 7.16. The van der Waals surface area contributed by atoms with E-state index in [0.29, 0.717) is 16.4 Å². The molecule has 8 nitrogen and oxygen atoms in total. The summed E-state index contributed by atoms with van der Waals surface area (Å²) in [4.78, 5) is 22.6. The number of hydrogen-bond acceptors (Lipinski definition) is 7. The van der Waals surface area contributed by atoms with Crippen LogP contribution in [0.2, 0.25) is 0 Å². The Morgan fingerprint density at radius 3 is 2.87 bits per heavy atom. The summed E-state index contributed by atoms with van der Waals surface area (Å²) < 4.78 is 11.0. The lowest BCUT2D eigenvalue weighted by molar-refractivity contribution is -0.380. The van der Waals surface area contributed by atoms with Crippen LogP contribution in [0, 0.1) is 10.1 Å². The predicted molar refractivity (Wildman–Crippen MR) is 83.1 cm³/mol. The van der Waals surface area contributed by atoms with Crippen LogP contribution in [-0.2, 0) is 4.79 Å². The van der Waals surface area contributed by atoms with E-state index in [-0.39, 0.29) is 11.6 Å². The molecule has 0 saturated carbocycles. The van der Waals surface area contributed by atoms with Gasteiger partial charge in [0.1, 0.15) is 6.61 Å². The van der Waals surface area contributed by atoms with Crippen molar-refractivity contribution in [2.75, 3.05) is 6.61 Å². The lowest BCUT2D eigenvalue weighted by atomic mass is 10.2. The fraction of sp³-hybridized carbons (Fsp3) is 0.143. The first kappa shape index (κ1) is 15.0. The smallest absolute Gasteiger partial charge is 0.324 e. The molecule has 9 heteroatoms. The molecule has 0 saturated heterocycles. The summed E-state index contributed by atoms with van der Waals surface area (Å²) >= 11 is 0.963. The first-order valence-corrected chi connectivity index (χ1v) is 7.41. The van der Waals surface area contributed by atoms with Crippen LogP contribution in [0.3, 0.4) is 0 Å². The molecule has 0 unspecified atom stereocenters. The van der Waals surface area contributed by atoms with Gasteiger partial charge in [-0.25, -0.2) is 5.43 Å². The Kier molecular flexibility index (Phi) is 4.20. The number of hydrogen-bond donors (Lipinski definition) is 1. The third-order valence-electron chi connectivity index (χ3n) is 2.96. The highest BCUT2D eigenvalue weighted by atomic mass is 32.1. The van der Waals surface area contributed by atoms with Gasteiger partial charge >= 0.3 is 5.00 Å². The van der Waals surface area contributed by atoms with Gasteiger partial charge in [0.25, 0.3) is 5.91 Å². The number of benzene rings is 1. The molecule has 1 amide bonds. The van der Waals surface area contributed by atoms with E-state index < -0.39 is 16.9 Å². The minimum absolute atomic E-state index is 0.0124. The topological polar surface area (TPSA) is 103 Å². The molecule has 1 aliphatic rings. The van der Waals surface area contributed by atoms with Crippen LogP contribution < -0.4 is 14.9 Å². The molecule has 1 atom stereocenters. The molecule has 0 radical (unpaired) electrons. The summed E-state index contributed by atoms with van der Waals surface area (Å²) in [6, 6.07) is 9.99. The van der Waals surface area contributed by atoms with E-state index in [1.165, 1.54) is 12.3 Å². The third kappa shape index (κ3) is 3.46. The highest BCUT2D eigenvalue weighted by Crippen LogP contribution is 2.30. The Bertz CT molecular complexity index is 773. The minimum Gasteiger partial charge on any atom is -0.485 e. The van der Waals surface area contributed by atoms with Crippen molar-refractivity contribution < 1.29 is 19.2 Å². The predicted octanol–water partition coefficient (Wildman–Crippen LogP) is 1.95. The molecule has 23 heavy (non-hydrogen) atoms. The molecular formula is C14H11N3O5S. The van der Waals surface area contributed by atoms with Gasteiger partial charge in [0.15, 0.2) is 11.5 Å². The average Bonchev–Trinajstić information content (AvgIpc) is 3.03. The van der Waals surface area contributed by atoms with Crippen molar-refractivity contribution >= 4 is 28.5 Å². The first-order chi connectivity index (χ1) is 11.1. The molecule has 118 valence electrons. The fourth-order valence-corrected chi connectivity index (χ4v) is 2.58. The van der Waals surface area contributed by atoms with Crippen LogP contribution in [0.4, 0.5) is 5.00 Å². The summed E-state index contributed by atoms with van der Waals surface area (Å²) in [6.45, 7) is 0.0862. The van der Waals surface area contributed by atoms with Gasteiger partial charge in [-0.15, -0.1) is 0 Å². The molecule has 1 aromatic carbocycles. The molecule has 1 aliphatic heterocycles. The Morgan fingerprint density at radius 1 is 1.35 bits per heavy atom. The summed E-state index contributed by atoms with van der Waals surface area (Å²) in [7, 11) is 0. The number of nitrogens with one attached hydrogen (secondary N) is 1. The Balaban J connectivity index is 1.57.